The van der Waals surface area contributed by atoms with E-state index < -0.39 is 0 Å². The summed E-state index contributed by atoms with van der Waals surface area (Å²) in [6.07, 6.45) is 4.36. The highest BCUT2D eigenvalue weighted by atomic mass is 35.5. The number of benzene rings is 1. The van der Waals surface area contributed by atoms with Crippen LogP contribution in [0.15, 0.2) is 41.2 Å². The molecule has 1 N–H and O–H groups in total. The van der Waals surface area contributed by atoms with Crippen molar-refractivity contribution in [3.8, 4) is 0 Å². The van der Waals surface area contributed by atoms with Crippen molar-refractivity contribution in [1.82, 2.24) is 5.32 Å². The molecule has 0 aliphatic rings. The average molecular weight is 264 g/mol. The number of furan rings is 1. The van der Waals surface area contributed by atoms with Crippen LogP contribution in [0, 0.1) is 6.92 Å². The average Bonchev–Trinajstić information content (AvgIpc) is 2.85. The molecule has 0 radical (unpaired) electrons. The van der Waals surface area contributed by atoms with Crippen LogP contribution >= 0.6 is 11.6 Å². The maximum atomic E-state index is 6.28. The van der Waals surface area contributed by atoms with Gasteiger partial charge in [0, 0.05) is 16.6 Å². The Bertz CT molecular complexity index is 493. The Morgan fingerprint density at radius 1 is 1.33 bits per heavy atom. The molecule has 0 aliphatic carbocycles. The number of rotatable bonds is 5. The number of aryl methyl sites for hydroxylation is 1. The summed E-state index contributed by atoms with van der Waals surface area (Å²) >= 11 is 6.28. The van der Waals surface area contributed by atoms with Gasteiger partial charge in [-0.3, -0.25) is 0 Å². The molecular formula is C15H18ClNO. The summed E-state index contributed by atoms with van der Waals surface area (Å²) in [6.45, 7) is 5.07. The first-order valence-electron chi connectivity index (χ1n) is 6.21. The van der Waals surface area contributed by atoms with Crippen LogP contribution in [-0.2, 0) is 6.42 Å². The molecule has 0 aliphatic heterocycles. The molecule has 2 rings (SSSR count). The fraction of sp³-hybridized carbons (Fsp3) is 0.333. The minimum atomic E-state index is 0.244. The molecule has 1 heterocycles. The van der Waals surface area contributed by atoms with Gasteiger partial charge in [0.25, 0.3) is 0 Å². The van der Waals surface area contributed by atoms with Gasteiger partial charge in [-0.05, 0) is 43.1 Å². The zero-order valence-electron chi connectivity index (χ0n) is 10.7. The molecular weight excluding hydrogens is 246 g/mol. The largest absolute Gasteiger partial charge is 0.472 e. The molecule has 2 nitrogen and oxygen atoms in total. The lowest BCUT2D eigenvalue weighted by Crippen LogP contribution is -2.22. The number of nitrogens with one attached hydrogen (secondary N) is 1. The summed E-state index contributed by atoms with van der Waals surface area (Å²) in [7, 11) is 0. The van der Waals surface area contributed by atoms with Crippen LogP contribution in [0.4, 0.5) is 0 Å². The predicted molar refractivity (Wildman–Crippen MR) is 75.0 cm³/mol. The molecule has 96 valence electrons. The van der Waals surface area contributed by atoms with Crippen LogP contribution in [0.3, 0.4) is 0 Å². The normalized spacial score (nSPS) is 12.6. The second kappa shape index (κ2) is 6.07. The monoisotopic (exact) mass is 263 g/mol. The van der Waals surface area contributed by atoms with Gasteiger partial charge in [0.15, 0.2) is 0 Å². The highest BCUT2D eigenvalue weighted by molar-refractivity contribution is 6.31. The number of hydrogen-bond donors (Lipinski definition) is 1. The standard InChI is InChI=1S/C15H18ClNO/c1-3-17-15(13-6-7-18-10-13)9-12-5-4-11(2)8-14(12)16/h4-8,10,15,17H,3,9H2,1-2H3. The molecule has 0 amide bonds. The van der Waals surface area contributed by atoms with Crippen molar-refractivity contribution >= 4 is 11.6 Å². The predicted octanol–water partition coefficient (Wildman–Crippen LogP) is 4.13. The number of likely N-dealkylation sites (N-methyl/N-ethyl adjacent to an activating group) is 1. The third-order valence-electron chi connectivity index (χ3n) is 3.03. The maximum absolute atomic E-state index is 6.28. The summed E-state index contributed by atoms with van der Waals surface area (Å²) in [4.78, 5) is 0. The lowest BCUT2D eigenvalue weighted by molar-refractivity contribution is 0.525. The third kappa shape index (κ3) is 3.15. The van der Waals surface area contributed by atoms with Crippen LogP contribution in [-0.4, -0.2) is 6.54 Å². The topological polar surface area (TPSA) is 25.2 Å². The molecule has 0 fully saturated rings. The van der Waals surface area contributed by atoms with Crippen LogP contribution in [0.1, 0.15) is 29.7 Å². The summed E-state index contributed by atoms with van der Waals surface area (Å²) in [6, 6.07) is 8.45. The van der Waals surface area contributed by atoms with Crippen LogP contribution in [0.5, 0.6) is 0 Å². The molecule has 2 aromatic rings. The van der Waals surface area contributed by atoms with Gasteiger partial charge in [-0.25, -0.2) is 0 Å². The Hall–Kier alpha value is -1.25. The van der Waals surface area contributed by atoms with Gasteiger partial charge in [0.2, 0.25) is 0 Å². The first-order valence-corrected chi connectivity index (χ1v) is 6.59. The Morgan fingerprint density at radius 3 is 2.78 bits per heavy atom. The highest BCUT2D eigenvalue weighted by Gasteiger charge is 2.14. The molecule has 1 aromatic carbocycles. The second-order valence-corrected chi connectivity index (χ2v) is 4.87. The van der Waals surface area contributed by atoms with Gasteiger partial charge in [-0.15, -0.1) is 0 Å². The van der Waals surface area contributed by atoms with E-state index in [1.165, 1.54) is 5.56 Å². The van der Waals surface area contributed by atoms with Crippen LogP contribution < -0.4 is 5.32 Å². The van der Waals surface area contributed by atoms with E-state index in [1.54, 1.807) is 12.5 Å². The van der Waals surface area contributed by atoms with Crippen molar-refractivity contribution < 1.29 is 4.42 Å². The van der Waals surface area contributed by atoms with Gasteiger partial charge in [0.1, 0.15) is 0 Å². The van der Waals surface area contributed by atoms with Crippen LogP contribution in [0.25, 0.3) is 0 Å². The van der Waals surface area contributed by atoms with Crippen molar-refractivity contribution in [2.45, 2.75) is 26.3 Å². The lowest BCUT2D eigenvalue weighted by Gasteiger charge is -2.17. The second-order valence-electron chi connectivity index (χ2n) is 4.47. The quantitative estimate of drug-likeness (QED) is 0.877. The summed E-state index contributed by atoms with van der Waals surface area (Å²) in [5.41, 5.74) is 3.51. The minimum absolute atomic E-state index is 0.244. The van der Waals surface area contributed by atoms with E-state index in [0.29, 0.717) is 0 Å². The van der Waals surface area contributed by atoms with E-state index in [0.717, 1.165) is 29.1 Å². The van der Waals surface area contributed by atoms with E-state index in [9.17, 15) is 0 Å². The molecule has 0 saturated carbocycles. The van der Waals surface area contributed by atoms with Gasteiger partial charge < -0.3 is 9.73 Å². The smallest absolute Gasteiger partial charge is 0.0950 e. The molecule has 0 saturated heterocycles. The zero-order chi connectivity index (χ0) is 13.0. The van der Waals surface area contributed by atoms with Gasteiger partial charge in [-0.1, -0.05) is 30.7 Å². The molecule has 1 atom stereocenters. The molecule has 3 heteroatoms. The van der Waals surface area contributed by atoms with Crippen LogP contribution in [0.2, 0.25) is 5.02 Å². The fourth-order valence-corrected chi connectivity index (χ4v) is 2.38. The molecule has 1 aromatic heterocycles. The Kier molecular flexibility index (Phi) is 4.45. The van der Waals surface area contributed by atoms with E-state index in [-0.39, 0.29) is 6.04 Å². The number of hydrogen-bond acceptors (Lipinski definition) is 2. The highest BCUT2D eigenvalue weighted by Crippen LogP contribution is 2.24. The molecule has 1 unspecified atom stereocenters. The summed E-state index contributed by atoms with van der Waals surface area (Å²) in [5.74, 6) is 0. The lowest BCUT2D eigenvalue weighted by atomic mass is 10.00. The van der Waals surface area contributed by atoms with Crippen molar-refractivity contribution in [2.75, 3.05) is 6.54 Å². The van der Waals surface area contributed by atoms with Crippen molar-refractivity contribution in [3.63, 3.8) is 0 Å². The van der Waals surface area contributed by atoms with Gasteiger partial charge in [0.05, 0.1) is 12.5 Å². The SMILES string of the molecule is CCNC(Cc1ccc(C)cc1Cl)c1ccoc1. The van der Waals surface area contributed by atoms with Crippen molar-refractivity contribution in [1.29, 1.82) is 0 Å². The first kappa shape index (κ1) is 13.2. The minimum Gasteiger partial charge on any atom is -0.472 e. The summed E-state index contributed by atoms with van der Waals surface area (Å²) < 4.78 is 5.16. The fourth-order valence-electron chi connectivity index (χ4n) is 2.07. The third-order valence-corrected chi connectivity index (χ3v) is 3.38. The maximum Gasteiger partial charge on any atom is 0.0950 e. The van der Waals surface area contributed by atoms with E-state index in [1.807, 2.05) is 19.1 Å². The Morgan fingerprint density at radius 2 is 2.17 bits per heavy atom. The van der Waals surface area contributed by atoms with E-state index in [4.69, 9.17) is 16.0 Å². The Balaban J connectivity index is 2.18. The summed E-state index contributed by atoms with van der Waals surface area (Å²) in [5, 5.41) is 4.29. The first-order chi connectivity index (χ1) is 8.70. The van der Waals surface area contributed by atoms with Crippen molar-refractivity contribution in [2.24, 2.45) is 0 Å². The van der Waals surface area contributed by atoms with E-state index in [2.05, 4.69) is 24.4 Å². The van der Waals surface area contributed by atoms with Crippen molar-refractivity contribution in [3.05, 3.63) is 58.5 Å². The Labute approximate surface area is 113 Å². The van der Waals surface area contributed by atoms with E-state index >= 15 is 0 Å². The van der Waals surface area contributed by atoms with Gasteiger partial charge in [-0.2, -0.15) is 0 Å². The van der Waals surface area contributed by atoms with Gasteiger partial charge >= 0.3 is 0 Å². The molecule has 0 spiro atoms. The zero-order valence-corrected chi connectivity index (χ0v) is 11.5. The number of halogens is 1. The molecule has 0 bridgehead atoms. The molecule has 18 heavy (non-hydrogen) atoms.